The van der Waals surface area contributed by atoms with Crippen LogP contribution in [0.15, 0.2) is 30.3 Å². The first kappa shape index (κ1) is 12.9. The number of hydrogen-bond donors (Lipinski definition) is 2. The molecule has 102 valence electrons. The average Bonchev–Trinajstić information content (AvgIpc) is 3.31. The van der Waals surface area contributed by atoms with Gasteiger partial charge in [0.25, 0.3) is 0 Å². The summed E-state index contributed by atoms with van der Waals surface area (Å²) in [5.74, 6) is 0.249. The maximum atomic E-state index is 12.0. The third-order valence-corrected chi connectivity index (χ3v) is 4.16. The molecule has 2 fully saturated rings. The smallest absolute Gasteiger partial charge is 0.224 e. The Morgan fingerprint density at radius 2 is 1.89 bits per heavy atom. The Balaban J connectivity index is 1.74. The Bertz CT molecular complexity index is 456. The van der Waals surface area contributed by atoms with Crippen LogP contribution in [0.4, 0.5) is 0 Å². The number of carbonyl (C=O) groups excluding carboxylic acids is 1. The largest absolute Gasteiger partial charge is 0.332 e. The van der Waals surface area contributed by atoms with E-state index in [4.69, 9.17) is 11.6 Å². The van der Waals surface area contributed by atoms with Gasteiger partial charge in [-0.1, -0.05) is 41.9 Å². The Morgan fingerprint density at radius 3 is 2.47 bits per heavy atom. The Morgan fingerprint density at radius 1 is 1.21 bits per heavy atom. The highest BCUT2D eigenvalue weighted by Crippen LogP contribution is 2.33. The molecule has 0 bridgehead atoms. The van der Waals surface area contributed by atoms with Crippen LogP contribution < -0.4 is 10.6 Å². The van der Waals surface area contributed by atoms with E-state index in [1.165, 1.54) is 12.8 Å². The first-order valence-electron chi connectivity index (χ1n) is 6.97. The Labute approximate surface area is 118 Å². The highest BCUT2D eigenvalue weighted by atomic mass is 35.5. The van der Waals surface area contributed by atoms with Crippen LogP contribution in [0.5, 0.6) is 0 Å². The molecule has 3 rings (SSSR count). The maximum Gasteiger partial charge on any atom is 0.224 e. The third kappa shape index (κ3) is 3.28. The first-order chi connectivity index (χ1) is 9.17. The van der Waals surface area contributed by atoms with Gasteiger partial charge in [-0.25, -0.2) is 0 Å². The molecule has 19 heavy (non-hydrogen) atoms. The third-order valence-electron chi connectivity index (χ3n) is 3.71. The van der Waals surface area contributed by atoms with Gasteiger partial charge in [-0.15, -0.1) is 0 Å². The summed E-state index contributed by atoms with van der Waals surface area (Å²) in [4.78, 5) is 11.2. The van der Waals surface area contributed by atoms with Crippen LogP contribution in [0.3, 0.4) is 0 Å². The zero-order valence-electron chi connectivity index (χ0n) is 10.9. The molecule has 2 N–H and O–H groups in total. The molecule has 0 saturated heterocycles. The normalized spacial score (nSPS) is 21.7. The highest BCUT2D eigenvalue weighted by molar-refractivity contribution is 6.25. The average molecular weight is 279 g/mol. The van der Waals surface area contributed by atoms with Crippen LogP contribution in [-0.2, 0) is 9.79 Å². The van der Waals surface area contributed by atoms with E-state index in [0.717, 1.165) is 18.4 Å². The van der Waals surface area contributed by atoms with E-state index in [2.05, 4.69) is 10.6 Å². The Kier molecular flexibility index (Phi) is 3.50. The van der Waals surface area contributed by atoms with E-state index in [1.807, 2.05) is 30.3 Å². The van der Waals surface area contributed by atoms with E-state index >= 15 is 0 Å². The van der Waals surface area contributed by atoms with Crippen molar-refractivity contribution < 1.29 is 4.79 Å². The van der Waals surface area contributed by atoms with Gasteiger partial charge in [0.05, 0.1) is 0 Å². The van der Waals surface area contributed by atoms with Gasteiger partial charge in [0.15, 0.2) is 5.00 Å². The quantitative estimate of drug-likeness (QED) is 0.620. The van der Waals surface area contributed by atoms with Crippen LogP contribution in [0.1, 0.15) is 31.2 Å². The lowest BCUT2D eigenvalue weighted by molar-refractivity contribution is -0.123. The fourth-order valence-corrected chi connectivity index (χ4v) is 2.43. The van der Waals surface area contributed by atoms with E-state index in [1.54, 1.807) is 0 Å². The second-order valence-electron chi connectivity index (χ2n) is 5.59. The number of carbonyl (C=O) groups is 1. The molecular formula is C15H19ClN2O. The van der Waals surface area contributed by atoms with E-state index in [9.17, 15) is 4.79 Å². The van der Waals surface area contributed by atoms with Crippen LogP contribution in [0, 0.1) is 5.92 Å². The molecule has 1 atom stereocenters. The second-order valence-corrected chi connectivity index (χ2v) is 6.23. The van der Waals surface area contributed by atoms with Crippen molar-refractivity contribution in [1.29, 1.82) is 0 Å². The molecule has 0 spiro atoms. The molecule has 2 aliphatic rings. The fourth-order valence-electron chi connectivity index (χ4n) is 2.14. The van der Waals surface area contributed by atoms with Crippen molar-refractivity contribution in [1.82, 2.24) is 10.6 Å². The Hall–Kier alpha value is -1.06. The minimum Gasteiger partial charge on any atom is -0.332 e. The molecule has 2 aliphatic carbocycles. The molecule has 1 amide bonds. The van der Waals surface area contributed by atoms with Gasteiger partial charge < -0.3 is 10.6 Å². The minimum atomic E-state index is -0.830. The summed E-state index contributed by atoms with van der Waals surface area (Å²) < 4.78 is 0. The first-order valence-corrected chi connectivity index (χ1v) is 7.35. The van der Waals surface area contributed by atoms with Gasteiger partial charge in [0, 0.05) is 18.5 Å². The number of halogens is 1. The molecule has 0 aromatic heterocycles. The lowest BCUT2D eigenvalue weighted by Crippen LogP contribution is -2.49. The molecule has 1 aromatic carbocycles. The molecule has 2 saturated carbocycles. The molecule has 1 aromatic rings. The monoisotopic (exact) mass is 278 g/mol. The van der Waals surface area contributed by atoms with E-state index in [0.29, 0.717) is 12.6 Å². The van der Waals surface area contributed by atoms with Gasteiger partial charge in [0.1, 0.15) is 0 Å². The van der Waals surface area contributed by atoms with Crippen LogP contribution >= 0.6 is 11.6 Å². The second kappa shape index (κ2) is 5.14. The lowest BCUT2D eigenvalue weighted by Gasteiger charge is -2.29. The zero-order chi connectivity index (χ0) is 13.3. The highest BCUT2D eigenvalue weighted by Gasteiger charge is 2.38. The van der Waals surface area contributed by atoms with Crippen molar-refractivity contribution in [3.63, 3.8) is 0 Å². The molecular weight excluding hydrogens is 260 g/mol. The minimum absolute atomic E-state index is 0.0800. The standard InChI is InChI=1S/C15H19ClN2O/c16-15(10-17-13-8-9-13,12-4-2-1-3-5-12)18-14(19)11-6-7-11/h1-5,11,13,17H,6-10H2,(H,18,19)/t15-/m0/s1. The van der Waals surface area contributed by atoms with E-state index in [-0.39, 0.29) is 11.8 Å². The topological polar surface area (TPSA) is 41.1 Å². The number of rotatable bonds is 6. The number of hydrogen-bond acceptors (Lipinski definition) is 2. The molecule has 0 heterocycles. The summed E-state index contributed by atoms with van der Waals surface area (Å²) in [5, 5.41) is 6.43. The van der Waals surface area contributed by atoms with Crippen molar-refractivity contribution in [3.8, 4) is 0 Å². The van der Waals surface area contributed by atoms with Crippen molar-refractivity contribution in [3.05, 3.63) is 35.9 Å². The van der Waals surface area contributed by atoms with Crippen molar-refractivity contribution >= 4 is 17.5 Å². The number of amides is 1. The van der Waals surface area contributed by atoms with Crippen molar-refractivity contribution in [2.45, 2.75) is 36.7 Å². The van der Waals surface area contributed by atoms with Gasteiger partial charge >= 0.3 is 0 Å². The summed E-state index contributed by atoms with van der Waals surface area (Å²) in [6.07, 6.45) is 4.39. The summed E-state index contributed by atoms with van der Waals surface area (Å²) in [6.45, 7) is 0.571. The zero-order valence-corrected chi connectivity index (χ0v) is 11.6. The predicted octanol–water partition coefficient (Wildman–Crippen LogP) is 2.36. The molecule has 3 nitrogen and oxygen atoms in total. The van der Waals surface area contributed by atoms with Crippen LogP contribution in [0.25, 0.3) is 0 Å². The summed E-state index contributed by atoms with van der Waals surface area (Å²) in [5.41, 5.74) is 0.943. The van der Waals surface area contributed by atoms with Crippen molar-refractivity contribution in [2.75, 3.05) is 6.54 Å². The number of nitrogens with one attached hydrogen (secondary N) is 2. The summed E-state index contributed by atoms with van der Waals surface area (Å²) in [7, 11) is 0. The maximum absolute atomic E-state index is 12.0. The summed E-state index contributed by atoms with van der Waals surface area (Å²) in [6, 6.07) is 10.4. The van der Waals surface area contributed by atoms with Gasteiger partial charge in [0.2, 0.25) is 5.91 Å². The van der Waals surface area contributed by atoms with Gasteiger partial charge in [-0.05, 0) is 31.2 Å². The van der Waals surface area contributed by atoms with E-state index < -0.39 is 5.00 Å². The summed E-state index contributed by atoms with van der Waals surface area (Å²) >= 11 is 6.71. The molecule has 0 aliphatic heterocycles. The number of benzene rings is 1. The van der Waals surface area contributed by atoms with Gasteiger partial charge in [-0.2, -0.15) is 0 Å². The van der Waals surface area contributed by atoms with Crippen molar-refractivity contribution in [2.24, 2.45) is 5.92 Å². The van der Waals surface area contributed by atoms with Gasteiger partial charge in [-0.3, -0.25) is 4.79 Å². The van der Waals surface area contributed by atoms with Crippen LogP contribution in [0.2, 0.25) is 0 Å². The fraction of sp³-hybridized carbons (Fsp3) is 0.533. The molecule has 0 radical (unpaired) electrons. The predicted molar refractivity (Wildman–Crippen MR) is 75.9 cm³/mol. The number of alkyl halides is 1. The lowest BCUT2D eigenvalue weighted by atomic mass is 10.1. The SMILES string of the molecule is O=C(N[C@@](Cl)(CNC1CC1)c1ccccc1)C1CC1. The molecule has 4 heteroatoms. The van der Waals surface area contributed by atoms with Crippen LogP contribution in [-0.4, -0.2) is 18.5 Å². The molecule has 0 unspecified atom stereocenters.